The van der Waals surface area contributed by atoms with Crippen LogP contribution in [0.5, 0.6) is 5.75 Å². The van der Waals surface area contributed by atoms with Crippen LogP contribution in [0, 0.1) is 6.92 Å². The number of hydrogen-bond acceptors (Lipinski definition) is 5. The summed E-state index contributed by atoms with van der Waals surface area (Å²) in [5, 5.41) is 12.4. The lowest BCUT2D eigenvalue weighted by molar-refractivity contribution is -0.122. The Hall–Kier alpha value is -1.47. The molecule has 1 N–H and O–H groups in total. The Bertz CT molecular complexity index is 700. The van der Waals surface area contributed by atoms with Gasteiger partial charge in [0.2, 0.25) is 5.13 Å². The van der Waals surface area contributed by atoms with Crippen LogP contribution >= 0.6 is 27.3 Å². The SMILES string of the molecule is Cc1ccc(O[C@H](C)C(=O)Nc2nnc(C3CC3)s2)c(Br)c1. The summed E-state index contributed by atoms with van der Waals surface area (Å²) in [5.74, 6) is 0.954. The fourth-order valence-electron chi connectivity index (χ4n) is 1.93. The first-order chi connectivity index (χ1) is 10.5. The van der Waals surface area contributed by atoms with Gasteiger partial charge in [-0.05, 0) is 60.3 Å². The van der Waals surface area contributed by atoms with Crippen LogP contribution in [-0.4, -0.2) is 22.2 Å². The summed E-state index contributed by atoms with van der Waals surface area (Å²) >= 11 is 4.88. The molecule has 116 valence electrons. The second-order valence-electron chi connectivity index (χ2n) is 5.40. The van der Waals surface area contributed by atoms with Gasteiger partial charge in [0.05, 0.1) is 4.47 Å². The average Bonchev–Trinajstić information content (AvgIpc) is 3.22. The Balaban J connectivity index is 1.60. The van der Waals surface area contributed by atoms with Crippen molar-refractivity contribution in [2.45, 2.75) is 38.7 Å². The molecule has 0 unspecified atom stereocenters. The maximum atomic E-state index is 12.2. The number of carbonyl (C=O) groups excluding carboxylic acids is 1. The summed E-state index contributed by atoms with van der Waals surface area (Å²) in [6.45, 7) is 3.71. The van der Waals surface area contributed by atoms with Gasteiger partial charge in [0.1, 0.15) is 10.8 Å². The van der Waals surface area contributed by atoms with Gasteiger partial charge in [0.25, 0.3) is 5.91 Å². The lowest BCUT2D eigenvalue weighted by atomic mass is 10.2. The summed E-state index contributed by atoms with van der Waals surface area (Å²) in [4.78, 5) is 12.2. The first-order valence-corrected chi connectivity index (χ1v) is 8.71. The zero-order chi connectivity index (χ0) is 15.7. The number of amides is 1. The monoisotopic (exact) mass is 381 g/mol. The number of hydrogen-bond donors (Lipinski definition) is 1. The number of nitrogens with one attached hydrogen (secondary N) is 1. The molecule has 3 rings (SSSR count). The molecule has 5 nitrogen and oxygen atoms in total. The number of aromatic nitrogens is 2. The summed E-state index contributed by atoms with van der Waals surface area (Å²) in [6, 6.07) is 5.74. The summed E-state index contributed by atoms with van der Waals surface area (Å²) in [6.07, 6.45) is 1.72. The first kappa shape index (κ1) is 15.4. The molecule has 22 heavy (non-hydrogen) atoms. The predicted molar refractivity (Wildman–Crippen MR) is 89.5 cm³/mol. The second-order valence-corrected chi connectivity index (χ2v) is 7.27. The van der Waals surface area contributed by atoms with Gasteiger partial charge in [-0.1, -0.05) is 17.4 Å². The Morgan fingerprint density at radius 2 is 2.23 bits per heavy atom. The van der Waals surface area contributed by atoms with Crippen molar-refractivity contribution in [3.63, 3.8) is 0 Å². The Morgan fingerprint density at radius 3 is 2.91 bits per heavy atom. The second kappa shape index (κ2) is 6.34. The van der Waals surface area contributed by atoms with Crippen LogP contribution in [-0.2, 0) is 4.79 Å². The highest BCUT2D eigenvalue weighted by atomic mass is 79.9. The molecule has 0 radical (unpaired) electrons. The van der Waals surface area contributed by atoms with Crippen LogP contribution in [0.25, 0.3) is 0 Å². The summed E-state index contributed by atoms with van der Waals surface area (Å²) in [5.41, 5.74) is 1.12. The number of benzene rings is 1. The third-order valence-electron chi connectivity index (χ3n) is 3.36. The van der Waals surface area contributed by atoms with E-state index < -0.39 is 6.10 Å². The van der Waals surface area contributed by atoms with Crippen molar-refractivity contribution in [2.75, 3.05) is 5.32 Å². The van der Waals surface area contributed by atoms with E-state index in [2.05, 4.69) is 31.4 Å². The van der Waals surface area contributed by atoms with Crippen LogP contribution in [0.2, 0.25) is 0 Å². The number of carbonyl (C=O) groups is 1. The molecule has 1 aliphatic rings. The van der Waals surface area contributed by atoms with Crippen LogP contribution in [0.3, 0.4) is 0 Å². The van der Waals surface area contributed by atoms with Gasteiger partial charge in [-0.3, -0.25) is 10.1 Å². The van der Waals surface area contributed by atoms with E-state index in [0.717, 1.165) is 15.0 Å². The number of halogens is 1. The number of anilines is 1. The molecule has 0 spiro atoms. The first-order valence-electron chi connectivity index (χ1n) is 7.10. The van der Waals surface area contributed by atoms with Gasteiger partial charge in [-0.2, -0.15) is 0 Å². The molecule has 7 heteroatoms. The van der Waals surface area contributed by atoms with Crippen LogP contribution in [0.1, 0.15) is 36.3 Å². The highest BCUT2D eigenvalue weighted by Crippen LogP contribution is 2.42. The Morgan fingerprint density at radius 1 is 1.45 bits per heavy atom. The minimum atomic E-state index is -0.618. The quantitative estimate of drug-likeness (QED) is 0.852. The van der Waals surface area contributed by atoms with Gasteiger partial charge >= 0.3 is 0 Å². The van der Waals surface area contributed by atoms with Gasteiger partial charge in [-0.25, -0.2) is 0 Å². The number of rotatable bonds is 5. The fraction of sp³-hybridized carbons (Fsp3) is 0.400. The molecule has 0 bridgehead atoms. The smallest absolute Gasteiger partial charge is 0.266 e. The molecule has 0 saturated heterocycles. The largest absolute Gasteiger partial charge is 0.480 e. The predicted octanol–water partition coefficient (Wildman–Crippen LogP) is 3.89. The number of ether oxygens (including phenoxy) is 1. The van der Waals surface area contributed by atoms with Crippen molar-refractivity contribution >= 4 is 38.3 Å². The molecule has 1 aromatic carbocycles. The van der Waals surface area contributed by atoms with E-state index in [1.807, 2.05) is 25.1 Å². The lowest BCUT2D eigenvalue weighted by Gasteiger charge is -2.15. The van der Waals surface area contributed by atoms with E-state index in [0.29, 0.717) is 16.8 Å². The Labute approximate surface area is 141 Å². The molecule has 1 aliphatic carbocycles. The third kappa shape index (κ3) is 3.64. The van der Waals surface area contributed by atoms with Crippen LogP contribution < -0.4 is 10.1 Å². The molecule has 1 fully saturated rings. The Kier molecular flexibility index (Phi) is 4.44. The molecule has 2 aromatic rings. The standard InChI is InChI=1S/C15H16BrN3O2S/c1-8-3-6-12(11(16)7-8)21-9(2)13(20)17-15-19-18-14(22-15)10-4-5-10/h3,6-7,9-10H,4-5H2,1-2H3,(H,17,19,20)/t9-/m1/s1. The van der Waals surface area contributed by atoms with Crippen molar-refractivity contribution in [1.82, 2.24) is 10.2 Å². The van der Waals surface area contributed by atoms with Crippen molar-refractivity contribution in [3.8, 4) is 5.75 Å². The van der Waals surface area contributed by atoms with E-state index in [1.54, 1.807) is 6.92 Å². The lowest BCUT2D eigenvalue weighted by Crippen LogP contribution is -2.30. The van der Waals surface area contributed by atoms with Gasteiger partial charge in [0, 0.05) is 5.92 Å². The normalized spacial score (nSPS) is 15.4. The molecule has 1 aromatic heterocycles. The molecule has 0 aliphatic heterocycles. The highest BCUT2D eigenvalue weighted by Gasteiger charge is 2.28. The van der Waals surface area contributed by atoms with E-state index in [4.69, 9.17) is 4.74 Å². The van der Waals surface area contributed by atoms with Gasteiger partial charge in [0.15, 0.2) is 6.10 Å². The van der Waals surface area contributed by atoms with Crippen molar-refractivity contribution < 1.29 is 9.53 Å². The third-order valence-corrected chi connectivity index (χ3v) is 4.98. The highest BCUT2D eigenvalue weighted by molar-refractivity contribution is 9.10. The molecular weight excluding hydrogens is 366 g/mol. The van der Waals surface area contributed by atoms with E-state index in [1.165, 1.54) is 24.2 Å². The summed E-state index contributed by atoms with van der Waals surface area (Å²) in [7, 11) is 0. The average molecular weight is 382 g/mol. The minimum Gasteiger partial charge on any atom is -0.480 e. The van der Waals surface area contributed by atoms with E-state index in [9.17, 15) is 4.79 Å². The van der Waals surface area contributed by atoms with Crippen molar-refractivity contribution in [2.24, 2.45) is 0 Å². The maximum Gasteiger partial charge on any atom is 0.266 e. The van der Waals surface area contributed by atoms with Crippen LogP contribution in [0.4, 0.5) is 5.13 Å². The van der Waals surface area contributed by atoms with Crippen LogP contribution in [0.15, 0.2) is 22.7 Å². The molecular formula is C15H16BrN3O2S. The number of nitrogens with zero attached hydrogens (tertiary/aromatic N) is 2. The number of aryl methyl sites for hydroxylation is 1. The minimum absolute atomic E-state index is 0.231. The summed E-state index contributed by atoms with van der Waals surface area (Å²) < 4.78 is 6.53. The van der Waals surface area contributed by atoms with E-state index >= 15 is 0 Å². The molecule has 1 atom stereocenters. The maximum absolute atomic E-state index is 12.2. The zero-order valence-electron chi connectivity index (χ0n) is 12.3. The van der Waals surface area contributed by atoms with Gasteiger partial charge < -0.3 is 4.74 Å². The van der Waals surface area contributed by atoms with Crippen molar-refractivity contribution in [3.05, 3.63) is 33.2 Å². The van der Waals surface area contributed by atoms with Gasteiger partial charge in [-0.15, -0.1) is 10.2 Å². The topological polar surface area (TPSA) is 64.1 Å². The molecule has 1 heterocycles. The van der Waals surface area contributed by atoms with Crippen molar-refractivity contribution in [1.29, 1.82) is 0 Å². The molecule has 1 saturated carbocycles. The fourth-order valence-corrected chi connectivity index (χ4v) is 3.43. The van der Waals surface area contributed by atoms with E-state index in [-0.39, 0.29) is 5.91 Å². The molecule has 1 amide bonds. The zero-order valence-corrected chi connectivity index (χ0v) is 14.7.